The number of likely N-dealkylation sites (tertiary alicyclic amines) is 1. The van der Waals surface area contributed by atoms with E-state index in [9.17, 15) is 5.11 Å². The van der Waals surface area contributed by atoms with E-state index >= 15 is 0 Å². The van der Waals surface area contributed by atoms with Crippen LogP contribution >= 0.6 is 0 Å². The largest absolute Gasteiger partial charge is 0.379 e. The highest BCUT2D eigenvalue weighted by atomic mass is 16.5. The van der Waals surface area contributed by atoms with Gasteiger partial charge in [0.2, 0.25) is 0 Å². The Labute approximate surface area is 111 Å². The minimum Gasteiger partial charge on any atom is -0.379 e. The maximum atomic E-state index is 10.6. The van der Waals surface area contributed by atoms with Gasteiger partial charge in [0.15, 0.2) is 0 Å². The van der Waals surface area contributed by atoms with Gasteiger partial charge >= 0.3 is 0 Å². The lowest BCUT2D eigenvalue weighted by atomic mass is 9.94. The Hall–Kier alpha value is -0.160. The minimum atomic E-state index is 0.113. The highest BCUT2D eigenvalue weighted by Gasteiger charge is 2.18. The topological polar surface area (TPSA) is 35.6 Å². The molecule has 0 saturated carbocycles. The first-order valence-electron chi connectivity index (χ1n) is 7.49. The Morgan fingerprint density at radius 3 is 2.17 bits per heavy atom. The molecule has 2 aliphatic heterocycles. The molecule has 4 heteroatoms. The normalized spacial score (nSPS) is 24.5. The molecule has 0 unspecified atom stereocenters. The Balaban J connectivity index is 1.52. The van der Waals surface area contributed by atoms with Crippen molar-refractivity contribution in [3.8, 4) is 0 Å². The molecule has 0 N–H and O–H groups in total. The van der Waals surface area contributed by atoms with Gasteiger partial charge in [-0.1, -0.05) is 0 Å². The van der Waals surface area contributed by atoms with Crippen LogP contribution in [0, 0.1) is 5.92 Å². The number of rotatable bonds is 6. The number of morpholine rings is 1. The second kappa shape index (κ2) is 8.10. The molecule has 18 heavy (non-hydrogen) atoms. The number of hydrogen-bond donors (Lipinski definition) is 0. The number of piperidine rings is 1. The van der Waals surface area contributed by atoms with Gasteiger partial charge in [0.1, 0.15) is 0 Å². The molecule has 1 radical (unpaired) electrons. The van der Waals surface area contributed by atoms with Crippen molar-refractivity contribution in [1.82, 2.24) is 9.80 Å². The Bertz CT molecular complexity index is 212. The van der Waals surface area contributed by atoms with E-state index in [2.05, 4.69) is 9.80 Å². The van der Waals surface area contributed by atoms with Crippen molar-refractivity contribution in [3.63, 3.8) is 0 Å². The first-order chi connectivity index (χ1) is 8.88. The zero-order valence-electron chi connectivity index (χ0n) is 11.5. The van der Waals surface area contributed by atoms with Crippen molar-refractivity contribution in [2.45, 2.75) is 25.7 Å². The van der Waals surface area contributed by atoms with E-state index in [1.165, 1.54) is 45.4 Å². The summed E-state index contributed by atoms with van der Waals surface area (Å²) in [5.74, 6) is 0.706. The van der Waals surface area contributed by atoms with Crippen LogP contribution in [-0.4, -0.2) is 68.9 Å². The summed E-state index contributed by atoms with van der Waals surface area (Å²) in [5.41, 5.74) is 0. The Morgan fingerprint density at radius 1 is 0.944 bits per heavy atom. The van der Waals surface area contributed by atoms with E-state index in [-0.39, 0.29) is 6.61 Å². The predicted octanol–water partition coefficient (Wildman–Crippen LogP) is 1.24. The standard InChI is InChI=1S/C14H27N2O2/c17-11-4-14-2-7-15(8-3-14)5-1-6-16-9-12-18-13-10-16/h14H,1-13H2. The third-order valence-corrected chi connectivity index (χ3v) is 4.29. The quantitative estimate of drug-likeness (QED) is 0.716. The zero-order valence-corrected chi connectivity index (χ0v) is 11.5. The van der Waals surface area contributed by atoms with Crippen molar-refractivity contribution in [1.29, 1.82) is 0 Å². The van der Waals surface area contributed by atoms with Crippen LogP contribution in [0.1, 0.15) is 25.7 Å². The second-order valence-electron chi connectivity index (χ2n) is 5.59. The van der Waals surface area contributed by atoms with Crippen LogP contribution in [0.15, 0.2) is 0 Å². The number of hydrogen-bond acceptors (Lipinski definition) is 3. The minimum absolute atomic E-state index is 0.113. The molecule has 0 atom stereocenters. The third-order valence-electron chi connectivity index (χ3n) is 4.29. The molecule has 0 aromatic carbocycles. The van der Waals surface area contributed by atoms with Crippen molar-refractivity contribution in [3.05, 3.63) is 0 Å². The molecule has 0 bridgehead atoms. The summed E-state index contributed by atoms with van der Waals surface area (Å²) in [7, 11) is 0. The predicted molar refractivity (Wildman–Crippen MR) is 71.2 cm³/mol. The van der Waals surface area contributed by atoms with Crippen LogP contribution in [0.2, 0.25) is 0 Å². The molecular formula is C14H27N2O2. The maximum absolute atomic E-state index is 10.6. The third kappa shape index (κ3) is 4.84. The highest BCUT2D eigenvalue weighted by Crippen LogP contribution is 2.20. The lowest BCUT2D eigenvalue weighted by molar-refractivity contribution is 0.0354. The molecule has 2 fully saturated rings. The Morgan fingerprint density at radius 2 is 1.56 bits per heavy atom. The first-order valence-corrected chi connectivity index (χ1v) is 7.49. The molecular weight excluding hydrogens is 228 g/mol. The Kier molecular flexibility index (Phi) is 6.41. The summed E-state index contributed by atoms with van der Waals surface area (Å²) >= 11 is 0. The first kappa shape index (κ1) is 14.3. The fourth-order valence-corrected chi connectivity index (χ4v) is 3.01. The summed E-state index contributed by atoms with van der Waals surface area (Å²) in [6.07, 6.45) is 4.63. The van der Waals surface area contributed by atoms with Crippen molar-refractivity contribution >= 4 is 0 Å². The maximum Gasteiger partial charge on any atom is 0.0825 e. The van der Waals surface area contributed by atoms with Gasteiger partial charge in [0.05, 0.1) is 19.8 Å². The van der Waals surface area contributed by atoms with Crippen LogP contribution in [0.4, 0.5) is 0 Å². The fraction of sp³-hybridized carbons (Fsp3) is 1.00. The average molecular weight is 255 g/mol. The van der Waals surface area contributed by atoms with Gasteiger partial charge in [-0.05, 0) is 57.8 Å². The van der Waals surface area contributed by atoms with Gasteiger partial charge in [-0.25, -0.2) is 5.11 Å². The zero-order chi connectivity index (χ0) is 12.6. The van der Waals surface area contributed by atoms with E-state index in [1.807, 2.05) is 0 Å². The number of ether oxygens (including phenoxy) is 1. The fourth-order valence-electron chi connectivity index (χ4n) is 3.01. The van der Waals surface area contributed by atoms with Gasteiger partial charge in [0, 0.05) is 13.1 Å². The lowest BCUT2D eigenvalue weighted by Gasteiger charge is -2.32. The molecule has 4 nitrogen and oxygen atoms in total. The van der Waals surface area contributed by atoms with E-state index in [0.29, 0.717) is 5.92 Å². The summed E-state index contributed by atoms with van der Waals surface area (Å²) in [4.78, 5) is 5.08. The lowest BCUT2D eigenvalue weighted by Crippen LogP contribution is -2.39. The summed E-state index contributed by atoms with van der Waals surface area (Å²) in [5, 5.41) is 10.6. The van der Waals surface area contributed by atoms with E-state index < -0.39 is 0 Å². The van der Waals surface area contributed by atoms with Crippen LogP contribution < -0.4 is 0 Å². The van der Waals surface area contributed by atoms with Crippen molar-refractivity contribution < 1.29 is 9.84 Å². The van der Waals surface area contributed by atoms with Crippen LogP contribution in [-0.2, 0) is 9.84 Å². The molecule has 0 amide bonds. The molecule has 2 saturated heterocycles. The van der Waals surface area contributed by atoms with E-state index in [0.717, 1.165) is 32.7 Å². The van der Waals surface area contributed by atoms with Crippen LogP contribution in [0.3, 0.4) is 0 Å². The highest BCUT2D eigenvalue weighted by molar-refractivity contribution is 4.72. The van der Waals surface area contributed by atoms with Crippen LogP contribution in [0.25, 0.3) is 0 Å². The van der Waals surface area contributed by atoms with E-state index in [4.69, 9.17) is 4.74 Å². The second-order valence-corrected chi connectivity index (χ2v) is 5.59. The van der Waals surface area contributed by atoms with Crippen LogP contribution in [0.5, 0.6) is 0 Å². The van der Waals surface area contributed by atoms with Gasteiger partial charge in [-0.15, -0.1) is 0 Å². The van der Waals surface area contributed by atoms with Gasteiger partial charge in [-0.2, -0.15) is 0 Å². The van der Waals surface area contributed by atoms with Gasteiger partial charge in [-0.3, -0.25) is 4.90 Å². The molecule has 2 rings (SSSR count). The summed E-state index contributed by atoms with van der Waals surface area (Å²) < 4.78 is 5.35. The molecule has 0 spiro atoms. The smallest absolute Gasteiger partial charge is 0.0825 e. The molecule has 0 aliphatic carbocycles. The molecule has 105 valence electrons. The average Bonchev–Trinajstić information content (AvgIpc) is 2.42. The molecule has 0 aromatic rings. The molecule has 2 aliphatic rings. The van der Waals surface area contributed by atoms with E-state index in [1.54, 1.807) is 0 Å². The summed E-state index contributed by atoms with van der Waals surface area (Å²) in [6, 6.07) is 0. The summed E-state index contributed by atoms with van der Waals surface area (Å²) in [6.45, 7) is 8.97. The molecule has 0 aromatic heterocycles. The van der Waals surface area contributed by atoms with Crippen molar-refractivity contribution in [2.75, 3.05) is 59.1 Å². The number of nitrogens with zero attached hydrogens (tertiary/aromatic N) is 2. The molecule has 2 heterocycles. The van der Waals surface area contributed by atoms with Gasteiger partial charge in [0.25, 0.3) is 0 Å². The SMILES string of the molecule is [O]CCC1CCN(CCCN2CCOCC2)CC1. The van der Waals surface area contributed by atoms with Crippen molar-refractivity contribution in [2.24, 2.45) is 5.92 Å². The van der Waals surface area contributed by atoms with Gasteiger partial charge < -0.3 is 9.64 Å². The monoisotopic (exact) mass is 255 g/mol.